The van der Waals surface area contributed by atoms with E-state index in [9.17, 15) is 0 Å². The second-order valence-corrected chi connectivity index (χ2v) is 7.21. The van der Waals surface area contributed by atoms with Crippen LogP contribution >= 0.6 is 15.9 Å². The van der Waals surface area contributed by atoms with Crippen molar-refractivity contribution in [3.8, 4) is 0 Å². The second-order valence-electron chi connectivity index (χ2n) is 6.35. The molecule has 6 heteroatoms. The number of halogens is 1. The number of piperazine rings is 1. The van der Waals surface area contributed by atoms with Gasteiger partial charge in [0.2, 0.25) is 5.95 Å². The zero-order valence-electron chi connectivity index (χ0n) is 14.4. The summed E-state index contributed by atoms with van der Waals surface area (Å²) in [6.07, 6.45) is 0. The fourth-order valence-corrected chi connectivity index (χ4v) is 3.51. The Morgan fingerprint density at radius 2 is 2.08 bits per heavy atom. The molecule has 0 amide bonds. The van der Waals surface area contributed by atoms with Gasteiger partial charge in [-0.25, -0.2) is 4.98 Å². The number of nitrogens with zero attached hydrogens (tertiary/aromatic N) is 3. The Morgan fingerprint density at radius 1 is 1.29 bits per heavy atom. The van der Waals surface area contributed by atoms with Crippen LogP contribution in [0, 0.1) is 0 Å². The zero-order valence-corrected chi connectivity index (χ0v) is 16.0. The Morgan fingerprint density at radius 3 is 2.79 bits per heavy atom. The smallest absolute Gasteiger partial charge is 0.224 e. The van der Waals surface area contributed by atoms with E-state index in [0.29, 0.717) is 11.9 Å². The Kier molecular flexibility index (Phi) is 5.36. The lowest BCUT2D eigenvalue weighted by atomic mass is 10.0. The molecule has 2 aromatic rings. The Bertz CT molecular complexity index is 704. The minimum absolute atomic E-state index is 0.282. The lowest BCUT2D eigenvalue weighted by Crippen LogP contribution is -2.46. The monoisotopic (exact) mass is 389 g/mol. The van der Waals surface area contributed by atoms with E-state index in [4.69, 9.17) is 0 Å². The van der Waals surface area contributed by atoms with Crippen LogP contribution in [0.4, 0.5) is 11.8 Å². The van der Waals surface area contributed by atoms with Crippen LogP contribution in [-0.2, 0) is 0 Å². The van der Waals surface area contributed by atoms with E-state index in [-0.39, 0.29) is 6.04 Å². The Balaban J connectivity index is 1.87. The first-order chi connectivity index (χ1) is 11.6. The number of aromatic nitrogens is 2. The molecule has 0 aliphatic carbocycles. The predicted molar refractivity (Wildman–Crippen MR) is 103 cm³/mol. The van der Waals surface area contributed by atoms with Crippen LogP contribution in [0.25, 0.3) is 0 Å². The molecule has 0 bridgehead atoms. The summed E-state index contributed by atoms with van der Waals surface area (Å²) in [7, 11) is 1.87. The van der Waals surface area contributed by atoms with Crippen LogP contribution in [0.5, 0.6) is 0 Å². The van der Waals surface area contributed by atoms with Crippen molar-refractivity contribution >= 4 is 27.7 Å². The fourth-order valence-electron chi connectivity index (χ4n) is 2.95. The molecule has 1 aliphatic rings. The van der Waals surface area contributed by atoms with E-state index in [1.54, 1.807) is 0 Å². The summed E-state index contributed by atoms with van der Waals surface area (Å²) < 4.78 is 1.14. The van der Waals surface area contributed by atoms with Gasteiger partial charge < -0.3 is 15.5 Å². The van der Waals surface area contributed by atoms with E-state index in [2.05, 4.69) is 79.5 Å². The van der Waals surface area contributed by atoms with Crippen molar-refractivity contribution in [1.82, 2.24) is 15.3 Å². The molecule has 1 aliphatic heterocycles. The first-order valence-electron chi connectivity index (χ1n) is 8.38. The molecule has 1 unspecified atom stereocenters. The third-order valence-corrected chi connectivity index (χ3v) is 5.05. The highest BCUT2D eigenvalue weighted by Crippen LogP contribution is 2.28. The number of rotatable bonds is 4. The minimum atomic E-state index is 0.282. The van der Waals surface area contributed by atoms with Gasteiger partial charge in [-0.1, -0.05) is 48.0 Å². The molecular weight excluding hydrogens is 366 g/mol. The number of nitrogens with one attached hydrogen (secondary N) is 2. The van der Waals surface area contributed by atoms with Crippen LogP contribution in [0.15, 0.2) is 34.8 Å². The number of hydrogen-bond donors (Lipinski definition) is 2. The zero-order chi connectivity index (χ0) is 17.1. The molecule has 1 atom stereocenters. The summed E-state index contributed by atoms with van der Waals surface area (Å²) >= 11 is 3.67. The molecule has 5 nitrogen and oxygen atoms in total. The van der Waals surface area contributed by atoms with Crippen molar-refractivity contribution in [3.63, 3.8) is 0 Å². The van der Waals surface area contributed by atoms with Gasteiger partial charge >= 0.3 is 0 Å². The SMILES string of the molecule is CNc1nc(C(C)C)cc(N2CCNC(c3ccccc3Br)C2)n1. The maximum atomic E-state index is 4.67. The van der Waals surface area contributed by atoms with Crippen LogP contribution in [-0.4, -0.2) is 36.6 Å². The molecule has 1 saturated heterocycles. The summed E-state index contributed by atoms with van der Waals surface area (Å²) in [5.41, 5.74) is 2.36. The molecule has 1 aromatic carbocycles. The first-order valence-corrected chi connectivity index (χ1v) is 9.17. The molecule has 1 fully saturated rings. The lowest BCUT2D eigenvalue weighted by molar-refractivity contribution is 0.468. The highest BCUT2D eigenvalue weighted by Gasteiger charge is 2.24. The van der Waals surface area contributed by atoms with Gasteiger partial charge in [0.1, 0.15) is 5.82 Å². The largest absolute Gasteiger partial charge is 0.357 e. The van der Waals surface area contributed by atoms with E-state index < -0.39 is 0 Å². The summed E-state index contributed by atoms with van der Waals surface area (Å²) in [4.78, 5) is 11.6. The van der Waals surface area contributed by atoms with Crippen LogP contribution in [0.3, 0.4) is 0 Å². The van der Waals surface area contributed by atoms with Gasteiger partial charge in [0.25, 0.3) is 0 Å². The Hall–Kier alpha value is -1.66. The average molecular weight is 390 g/mol. The Labute approximate surface area is 152 Å². The van der Waals surface area contributed by atoms with Crippen molar-refractivity contribution in [1.29, 1.82) is 0 Å². The van der Waals surface area contributed by atoms with Crippen molar-refractivity contribution in [2.24, 2.45) is 0 Å². The highest BCUT2D eigenvalue weighted by molar-refractivity contribution is 9.10. The number of benzene rings is 1. The molecule has 3 rings (SSSR count). The van der Waals surface area contributed by atoms with Gasteiger partial charge in [0.15, 0.2) is 0 Å². The number of hydrogen-bond acceptors (Lipinski definition) is 5. The van der Waals surface area contributed by atoms with Crippen LogP contribution in [0.2, 0.25) is 0 Å². The maximum absolute atomic E-state index is 4.67. The van der Waals surface area contributed by atoms with Gasteiger partial charge in [0.05, 0.1) is 11.7 Å². The predicted octanol–water partition coefficient (Wildman–Crippen LogP) is 3.56. The quantitative estimate of drug-likeness (QED) is 0.836. The van der Waals surface area contributed by atoms with Gasteiger partial charge in [-0.05, 0) is 17.5 Å². The minimum Gasteiger partial charge on any atom is -0.357 e. The first kappa shape index (κ1) is 17.2. The van der Waals surface area contributed by atoms with Gasteiger partial charge in [-0.3, -0.25) is 0 Å². The van der Waals surface area contributed by atoms with Crippen molar-refractivity contribution in [2.45, 2.75) is 25.8 Å². The van der Waals surface area contributed by atoms with Gasteiger partial charge in [-0.2, -0.15) is 4.98 Å². The topological polar surface area (TPSA) is 53.1 Å². The summed E-state index contributed by atoms with van der Waals surface area (Å²) in [5.74, 6) is 2.06. The fraction of sp³-hybridized carbons (Fsp3) is 0.444. The number of anilines is 2. The van der Waals surface area contributed by atoms with Gasteiger partial charge in [-0.15, -0.1) is 0 Å². The lowest BCUT2D eigenvalue weighted by Gasteiger charge is -2.35. The second kappa shape index (κ2) is 7.49. The normalized spacial score (nSPS) is 18.0. The highest BCUT2D eigenvalue weighted by atomic mass is 79.9. The molecule has 2 N–H and O–H groups in total. The van der Waals surface area contributed by atoms with Crippen molar-refractivity contribution < 1.29 is 0 Å². The molecule has 24 heavy (non-hydrogen) atoms. The molecule has 2 heterocycles. The average Bonchev–Trinajstić information content (AvgIpc) is 2.61. The molecular formula is C18H24BrN5. The molecule has 0 saturated carbocycles. The third-order valence-electron chi connectivity index (χ3n) is 4.33. The maximum Gasteiger partial charge on any atom is 0.224 e. The van der Waals surface area contributed by atoms with E-state index in [0.717, 1.165) is 35.6 Å². The molecule has 1 aromatic heterocycles. The molecule has 128 valence electrons. The van der Waals surface area contributed by atoms with Gasteiger partial charge in [0, 0.05) is 37.2 Å². The van der Waals surface area contributed by atoms with Crippen LogP contribution in [0.1, 0.15) is 37.1 Å². The van der Waals surface area contributed by atoms with Crippen molar-refractivity contribution in [3.05, 3.63) is 46.1 Å². The summed E-state index contributed by atoms with van der Waals surface area (Å²) in [6, 6.07) is 10.8. The summed E-state index contributed by atoms with van der Waals surface area (Å²) in [6.45, 7) is 7.08. The van der Waals surface area contributed by atoms with E-state index in [1.165, 1.54) is 5.56 Å². The summed E-state index contributed by atoms with van der Waals surface area (Å²) in [5, 5.41) is 6.69. The van der Waals surface area contributed by atoms with Crippen molar-refractivity contribution in [2.75, 3.05) is 36.9 Å². The molecule has 0 radical (unpaired) electrons. The van der Waals surface area contributed by atoms with E-state index >= 15 is 0 Å². The molecule has 0 spiro atoms. The third kappa shape index (κ3) is 3.70. The van der Waals surface area contributed by atoms with Crippen LogP contribution < -0.4 is 15.5 Å². The standard InChI is InChI=1S/C18H24BrN5/c1-12(2)15-10-17(23-18(20-3)22-15)24-9-8-21-16(11-24)13-6-4-5-7-14(13)19/h4-7,10,12,16,21H,8-9,11H2,1-3H3,(H,20,22,23). The van der Waals surface area contributed by atoms with E-state index in [1.807, 2.05) is 13.1 Å².